The van der Waals surface area contributed by atoms with Crippen LogP contribution in [0, 0.1) is 0 Å². The predicted octanol–water partition coefficient (Wildman–Crippen LogP) is 1.54. The number of hydrogen-bond donors (Lipinski definition) is 0. The van der Waals surface area contributed by atoms with Gasteiger partial charge in [0.05, 0.1) is 6.33 Å². The molecule has 1 aromatic rings. The smallest absolute Gasteiger partial charge is 0.0945 e. The van der Waals surface area contributed by atoms with E-state index in [0.29, 0.717) is 5.92 Å². The molecule has 0 bridgehead atoms. The molecule has 0 spiro atoms. The van der Waals surface area contributed by atoms with Gasteiger partial charge in [-0.05, 0) is 5.92 Å². The van der Waals surface area contributed by atoms with Crippen molar-refractivity contribution in [2.75, 3.05) is 0 Å². The lowest BCUT2D eigenvalue weighted by molar-refractivity contribution is 0.740. The summed E-state index contributed by atoms with van der Waals surface area (Å²) in [6.45, 7) is 4.33. The minimum absolute atomic E-state index is 0.581. The van der Waals surface area contributed by atoms with Crippen LogP contribution in [-0.2, 0) is 7.05 Å². The van der Waals surface area contributed by atoms with Crippen molar-refractivity contribution in [2.24, 2.45) is 7.05 Å². The van der Waals surface area contributed by atoms with Gasteiger partial charge in [-0.15, -0.1) is 0 Å². The Morgan fingerprint density at radius 1 is 1.56 bits per heavy atom. The maximum Gasteiger partial charge on any atom is 0.0945 e. The standard InChI is InChI=1S/C7H12N2/c1-6(2)7-4-8-5-9(7)3/h4-6H,1-3H3. The van der Waals surface area contributed by atoms with Crippen molar-refractivity contribution in [3.05, 3.63) is 18.2 Å². The van der Waals surface area contributed by atoms with Crippen LogP contribution in [0.25, 0.3) is 0 Å². The van der Waals surface area contributed by atoms with Crippen LogP contribution < -0.4 is 0 Å². The lowest BCUT2D eigenvalue weighted by atomic mass is 10.1. The van der Waals surface area contributed by atoms with Crippen molar-refractivity contribution in [1.29, 1.82) is 0 Å². The molecule has 0 N–H and O–H groups in total. The molecule has 0 radical (unpaired) electrons. The molecule has 9 heavy (non-hydrogen) atoms. The highest BCUT2D eigenvalue weighted by Gasteiger charge is 2.00. The number of nitrogens with zero attached hydrogens (tertiary/aromatic N) is 2. The Labute approximate surface area is 55.5 Å². The van der Waals surface area contributed by atoms with E-state index >= 15 is 0 Å². The molecule has 0 aliphatic carbocycles. The third-order valence-electron chi connectivity index (χ3n) is 1.45. The number of aryl methyl sites for hydroxylation is 1. The zero-order valence-corrected chi connectivity index (χ0v) is 6.13. The number of aromatic nitrogens is 2. The number of hydrogen-bond acceptors (Lipinski definition) is 1. The van der Waals surface area contributed by atoms with Gasteiger partial charge in [-0.1, -0.05) is 13.8 Å². The maximum atomic E-state index is 4.01. The molecule has 0 amide bonds. The molecule has 2 heteroatoms. The third kappa shape index (κ3) is 1.12. The number of imidazole rings is 1. The van der Waals surface area contributed by atoms with Gasteiger partial charge in [-0.3, -0.25) is 0 Å². The van der Waals surface area contributed by atoms with Crippen LogP contribution >= 0.6 is 0 Å². The highest BCUT2D eigenvalue weighted by atomic mass is 15.0. The Morgan fingerprint density at radius 2 is 2.22 bits per heavy atom. The molecule has 50 valence electrons. The lowest BCUT2D eigenvalue weighted by Gasteiger charge is -2.03. The van der Waals surface area contributed by atoms with Crippen LogP contribution in [0.4, 0.5) is 0 Å². The topological polar surface area (TPSA) is 17.8 Å². The summed E-state index contributed by atoms with van der Waals surface area (Å²) in [5.74, 6) is 0.581. The van der Waals surface area contributed by atoms with Gasteiger partial charge < -0.3 is 4.57 Å². The van der Waals surface area contributed by atoms with Crippen LogP contribution in [0.3, 0.4) is 0 Å². The second-order valence-corrected chi connectivity index (χ2v) is 2.58. The van der Waals surface area contributed by atoms with Crippen LogP contribution in [0.1, 0.15) is 25.5 Å². The Bertz CT molecular complexity index is 189. The van der Waals surface area contributed by atoms with Crippen LogP contribution in [-0.4, -0.2) is 9.55 Å². The molecule has 0 saturated carbocycles. The van der Waals surface area contributed by atoms with Crippen molar-refractivity contribution < 1.29 is 0 Å². The minimum atomic E-state index is 0.581. The molecule has 1 rings (SSSR count). The Hall–Kier alpha value is -0.790. The van der Waals surface area contributed by atoms with Crippen LogP contribution in [0.5, 0.6) is 0 Å². The van der Waals surface area contributed by atoms with E-state index in [9.17, 15) is 0 Å². The van der Waals surface area contributed by atoms with Gasteiger partial charge in [0.1, 0.15) is 0 Å². The fourth-order valence-electron chi connectivity index (χ4n) is 0.924. The van der Waals surface area contributed by atoms with Gasteiger partial charge in [-0.25, -0.2) is 4.98 Å². The van der Waals surface area contributed by atoms with Gasteiger partial charge in [0.15, 0.2) is 0 Å². The summed E-state index contributed by atoms with van der Waals surface area (Å²) >= 11 is 0. The lowest BCUT2D eigenvalue weighted by Crippen LogP contribution is -1.95. The highest BCUT2D eigenvalue weighted by Crippen LogP contribution is 2.10. The van der Waals surface area contributed by atoms with Crippen molar-refractivity contribution >= 4 is 0 Å². The summed E-state index contributed by atoms with van der Waals surface area (Å²) in [7, 11) is 2.02. The van der Waals surface area contributed by atoms with Crippen LogP contribution in [0.15, 0.2) is 12.5 Å². The molecule has 2 nitrogen and oxygen atoms in total. The average Bonchev–Trinajstić information content (AvgIpc) is 2.13. The first kappa shape index (κ1) is 6.33. The van der Waals surface area contributed by atoms with Gasteiger partial charge >= 0.3 is 0 Å². The quantitative estimate of drug-likeness (QED) is 0.555. The SMILES string of the molecule is CC(C)c1cncn1C. The molecule has 0 aliphatic rings. The van der Waals surface area contributed by atoms with E-state index in [1.165, 1.54) is 5.69 Å². The van der Waals surface area contributed by atoms with Crippen LogP contribution in [0.2, 0.25) is 0 Å². The molecule has 0 atom stereocenters. The summed E-state index contributed by atoms with van der Waals surface area (Å²) in [5.41, 5.74) is 1.29. The summed E-state index contributed by atoms with van der Waals surface area (Å²) in [5, 5.41) is 0. The zero-order valence-electron chi connectivity index (χ0n) is 6.13. The van der Waals surface area contributed by atoms with E-state index in [1.54, 1.807) is 0 Å². The van der Waals surface area contributed by atoms with Gasteiger partial charge in [0, 0.05) is 18.9 Å². The Balaban J connectivity index is 2.94. The first-order chi connectivity index (χ1) is 4.22. The van der Waals surface area contributed by atoms with E-state index in [0.717, 1.165) is 0 Å². The maximum absolute atomic E-state index is 4.01. The van der Waals surface area contributed by atoms with Gasteiger partial charge in [0.2, 0.25) is 0 Å². The predicted molar refractivity (Wildman–Crippen MR) is 37.3 cm³/mol. The molecular formula is C7H12N2. The van der Waals surface area contributed by atoms with E-state index < -0.39 is 0 Å². The number of rotatable bonds is 1. The molecular weight excluding hydrogens is 112 g/mol. The van der Waals surface area contributed by atoms with Crippen molar-refractivity contribution in [3.8, 4) is 0 Å². The van der Waals surface area contributed by atoms with E-state index in [-0.39, 0.29) is 0 Å². The summed E-state index contributed by atoms with van der Waals surface area (Å²) in [6.07, 6.45) is 3.74. The van der Waals surface area contributed by atoms with Gasteiger partial charge in [0.25, 0.3) is 0 Å². The van der Waals surface area contributed by atoms with E-state index in [1.807, 2.05) is 24.1 Å². The van der Waals surface area contributed by atoms with Crippen molar-refractivity contribution in [1.82, 2.24) is 9.55 Å². The second kappa shape index (κ2) is 2.21. The van der Waals surface area contributed by atoms with E-state index in [2.05, 4.69) is 18.8 Å². The molecule has 0 fully saturated rings. The molecule has 1 heterocycles. The largest absolute Gasteiger partial charge is 0.337 e. The first-order valence-corrected chi connectivity index (χ1v) is 3.18. The molecule has 0 saturated heterocycles. The summed E-state index contributed by atoms with van der Waals surface area (Å²) < 4.78 is 2.05. The summed E-state index contributed by atoms with van der Waals surface area (Å²) in [6, 6.07) is 0. The van der Waals surface area contributed by atoms with Crippen molar-refractivity contribution in [2.45, 2.75) is 19.8 Å². The molecule has 0 aromatic carbocycles. The molecule has 1 aromatic heterocycles. The van der Waals surface area contributed by atoms with Gasteiger partial charge in [-0.2, -0.15) is 0 Å². The fraction of sp³-hybridized carbons (Fsp3) is 0.571. The minimum Gasteiger partial charge on any atom is -0.337 e. The molecule has 0 aliphatic heterocycles. The first-order valence-electron chi connectivity index (χ1n) is 3.18. The third-order valence-corrected chi connectivity index (χ3v) is 1.45. The molecule has 0 unspecified atom stereocenters. The second-order valence-electron chi connectivity index (χ2n) is 2.58. The monoisotopic (exact) mass is 124 g/mol. The van der Waals surface area contributed by atoms with Crippen molar-refractivity contribution in [3.63, 3.8) is 0 Å². The van der Waals surface area contributed by atoms with E-state index in [4.69, 9.17) is 0 Å². The average molecular weight is 124 g/mol. The Kier molecular flexibility index (Phi) is 1.56. The fourth-order valence-corrected chi connectivity index (χ4v) is 0.924. The normalized spacial score (nSPS) is 10.7. The highest BCUT2D eigenvalue weighted by molar-refractivity contribution is 5.02. The zero-order chi connectivity index (χ0) is 6.85. The Morgan fingerprint density at radius 3 is 2.44 bits per heavy atom. The summed E-state index contributed by atoms with van der Waals surface area (Å²) in [4.78, 5) is 4.01.